The molecule has 0 spiro atoms. The molecule has 5 nitrogen and oxygen atoms in total. The van der Waals surface area contributed by atoms with E-state index in [0.717, 1.165) is 31.6 Å². The average Bonchev–Trinajstić information content (AvgIpc) is 2.73. The lowest BCUT2D eigenvalue weighted by Gasteiger charge is -2.23. The number of esters is 1. The van der Waals surface area contributed by atoms with Gasteiger partial charge in [0.1, 0.15) is 6.23 Å². The molecule has 0 N–H and O–H groups in total. The Morgan fingerprint density at radius 3 is 3.12 bits per heavy atom. The van der Waals surface area contributed by atoms with Gasteiger partial charge in [-0.05, 0) is 39.2 Å². The van der Waals surface area contributed by atoms with Crippen molar-refractivity contribution < 1.29 is 14.3 Å². The summed E-state index contributed by atoms with van der Waals surface area (Å²) in [4.78, 5) is 11.6. The summed E-state index contributed by atoms with van der Waals surface area (Å²) >= 11 is 0. The van der Waals surface area contributed by atoms with E-state index in [0.29, 0.717) is 12.3 Å². The summed E-state index contributed by atoms with van der Waals surface area (Å²) in [6.45, 7) is 4.84. The van der Waals surface area contributed by atoms with Crippen molar-refractivity contribution in [3.8, 4) is 0 Å². The quantitative estimate of drug-likeness (QED) is 0.756. The second-order valence-electron chi connectivity index (χ2n) is 4.16. The van der Waals surface area contributed by atoms with Gasteiger partial charge in [-0.1, -0.05) is 0 Å². The van der Waals surface area contributed by atoms with Crippen LogP contribution in [-0.4, -0.2) is 29.0 Å². The van der Waals surface area contributed by atoms with Gasteiger partial charge in [0, 0.05) is 12.3 Å². The van der Waals surface area contributed by atoms with Gasteiger partial charge in [0.2, 0.25) is 0 Å². The van der Waals surface area contributed by atoms with Gasteiger partial charge in [-0.15, -0.1) is 0 Å². The molecular formula is C12H18N2O3. The van der Waals surface area contributed by atoms with E-state index in [2.05, 4.69) is 5.10 Å². The topological polar surface area (TPSA) is 53.4 Å². The molecule has 17 heavy (non-hydrogen) atoms. The van der Waals surface area contributed by atoms with E-state index < -0.39 is 0 Å². The van der Waals surface area contributed by atoms with Crippen molar-refractivity contribution in [2.24, 2.45) is 0 Å². The maximum absolute atomic E-state index is 11.6. The first-order valence-electron chi connectivity index (χ1n) is 6.07. The van der Waals surface area contributed by atoms with Gasteiger partial charge >= 0.3 is 5.97 Å². The Kier molecular flexibility index (Phi) is 3.78. The molecule has 1 aliphatic rings. The van der Waals surface area contributed by atoms with E-state index >= 15 is 0 Å². The van der Waals surface area contributed by atoms with Crippen molar-refractivity contribution in [1.29, 1.82) is 0 Å². The number of hydrogen-bond acceptors (Lipinski definition) is 4. The minimum atomic E-state index is -0.370. The Labute approximate surface area is 101 Å². The zero-order valence-electron chi connectivity index (χ0n) is 10.3. The Hall–Kier alpha value is -1.36. The smallest absolute Gasteiger partial charge is 0.358 e. The summed E-state index contributed by atoms with van der Waals surface area (Å²) < 4.78 is 12.4. The van der Waals surface area contributed by atoms with Crippen LogP contribution in [0, 0.1) is 6.92 Å². The molecule has 0 amide bonds. The van der Waals surface area contributed by atoms with Crippen LogP contribution in [0.5, 0.6) is 0 Å². The fourth-order valence-electron chi connectivity index (χ4n) is 2.00. The van der Waals surface area contributed by atoms with Crippen molar-refractivity contribution in [2.45, 2.75) is 39.3 Å². The molecule has 1 atom stereocenters. The zero-order valence-corrected chi connectivity index (χ0v) is 10.3. The number of aromatic nitrogens is 2. The second kappa shape index (κ2) is 5.31. The number of rotatable bonds is 3. The molecule has 0 saturated carbocycles. The molecule has 2 heterocycles. The molecule has 1 unspecified atom stereocenters. The predicted molar refractivity (Wildman–Crippen MR) is 61.8 cm³/mol. The Morgan fingerprint density at radius 1 is 1.65 bits per heavy atom. The maximum atomic E-state index is 11.6. The van der Waals surface area contributed by atoms with E-state index in [1.54, 1.807) is 17.7 Å². The van der Waals surface area contributed by atoms with Gasteiger partial charge in [0.25, 0.3) is 0 Å². The van der Waals surface area contributed by atoms with E-state index in [1.807, 2.05) is 6.92 Å². The third-order valence-electron chi connectivity index (χ3n) is 2.84. The molecule has 1 aromatic heterocycles. The number of aryl methyl sites for hydroxylation is 1. The molecule has 1 aromatic rings. The molecular weight excluding hydrogens is 220 g/mol. The van der Waals surface area contributed by atoms with Gasteiger partial charge in [-0.3, -0.25) is 0 Å². The molecule has 5 heteroatoms. The number of hydrogen-bond donors (Lipinski definition) is 0. The van der Waals surface area contributed by atoms with Crippen LogP contribution in [0.15, 0.2) is 6.07 Å². The van der Waals surface area contributed by atoms with Crippen molar-refractivity contribution >= 4 is 5.97 Å². The van der Waals surface area contributed by atoms with E-state index in [9.17, 15) is 4.79 Å². The first kappa shape index (κ1) is 12.1. The number of carbonyl (C=O) groups excluding carboxylic acids is 1. The molecule has 94 valence electrons. The molecule has 0 aliphatic carbocycles. The molecule has 0 radical (unpaired) electrons. The summed E-state index contributed by atoms with van der Waals surface area (Å²) in [6, 6.07) is 1.75. The van der Waals surface area contributed by atoms with Crippen molar-refractivity contribution in [3.05, 3.63) is 17.5 Å². The molecule has 1 fully saturated rings. The lowest BCUT2D eigenvalue weighted by molar-refractivity contribution is -0.0408. The standard InChI is InChI=1S/C12H18N2O3/c1-3-16-12(15)10-8-9(2)14(13-10)11-6-4-5-7-17-11/h8,11H,3-7H2,1-2H3. The molecule has 0 aromatic carbocycles. The summed E-state index contributed by atoms with van der Waals surface area (Å²) in [6.07, 6.45) is 3.15. The minimum Gasteiger partial charge on any atom is -0.461 e. The SMILES string of the molecule is CCOC(=O)c1cc(C)n(C2CCCCO2)n1. The fourth-order valence-corrected chi connectivity index (χ4v) is 2.00. The summed E-state index contributed by atoms with van der Waals surface area (Å²) in [7, 11) is 0. The van der Waals surface area contributed by atoms with Gasteiger partial charge in [-0.25, -0.2) is 9.48 Å². The van der Waals surface area contributed by atoms with Gasteiger partial charge in [-0.2, -0.15) is 5.10 Å². The first-order chi connectivity index (χ1) is 8.22. The monoisotopic (exact) mass is 238 g/mol. The Bertz CT molecular complexity index is 394. The van der Waals surface area contributed by atoms with Gasteiger partial charge in [0.15, 0.2) is 5.69 Å². The van der Waals surface area contributed by atoms with Gasteiger partial charge in [0.05, 0.1) is 6.61 Å². The van der Waals surface area contributed by atoms with Crippen LogP contribution >= 0.6 is 0 Å². The minimum absolute atomic E-state index is 0.0353. The van der Waals surface area contributed by atoms with Crippen LogP contribution in [-0.2, 0) is 9.47 Å². The maximum Gasteiger partial charge on any atom is 0.358 e. The largest absolute Gasteiger partial charge is 0.461 e. The lowest BCUT2D eigenvalue weighted by atomic mass is 10.2. The fraction of sp³-hybridized carbons (Fsp3) is 0.667. The predicted octanol–water partition coefficient (Wildman–Crippen LogP) is 2.07. The lowest BCUT2D eigenvalue weighted by Crippen LogP contribution is -2.20. The average molecular weight is 238 g/mol. The molecule has 1 aliphatic heterocycles. The summed E-state index contributed by atoms with van der Waals surface area (Å²) in [5, 5.41) is 4.27. The highest BCUT2D eigenvalue weighted by atomic mass is 16.5. The summed E-state index contributed by atoms with van der Waals surface area (Å²) in [5.41, 5.74) is 1.29. The van der Waals surface area contributed by atoms with Crippen LogP contribution in [0.25, 0.3) is 0 Å². The van der Waals surface area contributed by atoms with E-state index in [-0.39, 0.29) is 12.2 Å². The van der Waals surface area contributed by atoms with E-state index in [4.69, 9.17) is 9.47 Å². The van der Waals surface area contributed by atoms with Crippen LogP contribution in [0.2, 0.25) is 0 Å². The van der Waals surface area contributed by atoms with Crippen LogP contribution in [0.4, 0.5) is 0 Å². The normalized spacial score (nSPS) is 20.2. The molecule has 1 saturated heterocycles. The van der Waals surface area contributed by atoms with Crippen LogP contribution in [0.3, 0.4) is 0 Å². The highest BCUT2D eigenvalue weighted by Gasteiger charge is 2.21. The Balaban J connectivity index is 2.15. The third kappa shape index (κ3) is 2.66. The van der Waals surface area contributed by atoms with Gasteiger partial charge < -0.3 is 9.47 Å². The highest BCUT2D eigenvalue weighted by molar-refractivity contribution is 5.87. The highest BCUT2D eigenvalue weighted by Crippen LogP contribution is 2.23. The van der Waals surface area contributed by atoms with Crippen LogP contribution < -0.4 is 0 Å². The van der Waals surface area contributed by atoms with Crippen molar-refractivity contribution in [3.63, 3.8) is 0 Å². The Morgan fingerprint density at radius 2 is 2.47 bits per heavy atom. The van der Waals surface area contributed by atoms with Crippen molar-refractivity contribution in [2.75, 3.05) is 13.2 Å². The summed E-state index contributed by atoms with van der Waals surface area (Å²) in [5.74, 6) is -0.370. The number of nitrogens with zero attached hydrogens (tertiary/aromatic N) is 2. The second-order valence-corrected chi connectivity index (χ2v) is 4.16. The van der Waals surface area contributed by atoms with Crippen molar-refractivity contribution in [1.82, 2.24) is 9.78 Å². The molecule has 2 rings (SSSR count). The third-order valence-corrected chi connectivity index (χ3v) is 2.84. The number of carbonyl (C=O) groups is 1. The first-order valence-corrected chi connectivity index (χ1v) is 6.07. The van der Waals surface area contributed by atoms with Crippen LogP contribution in [0.1, 0.15) is 48.6 Å². The molecule has 0 bridgehead atoms. The zero-order chi connectivity index (χ0) is 12.3. The van der Waals surface area contributed by atoms with E-state index in [1.165, 1.54) is 0 Å². The number of ether oxygens (including phenoxy) is 2.